The van der Waals surface area contributed by atoms with Crippen molar-refractivity contribution < 1.29 is 33.1 Å². The van der Waals surface area contributed by atoms with Gasteiger partial charge in [-0.3, -0.25) is 34.2 Å². The first-order valence-corrected chi connectivity index (χ1v) is 20.4. The smallest absolute Gasteiger partial charge is 0.263 e. The molecule has 0 bridgehead atoms. The van der Waals surface area contributed by atoms with Gasteiger partial charge in [-0.05, 0) is 86.4 Å². The Hall–Kier alpha value is -6.16. The van der Waals surface area contributed by atoms with E-state index in [4.69, 9.17) is 15.6 Å². The number of nitrogens with two attached hydrogens (primary N) is 1. The molecule has 3 aliphatic heterocycles. The number of unbranched alkanes of at least 4 members (excludes halogenated alkanes) is 3. The van der Waals surface area contributed by atoms with Crippen molar-refractivity contribution in [1.82, 2.24) is 34.9 Å². The number of aromatic nitrogens is 4. The maximum Gasteiger partial charge on any atom is 0.263 e. The summed E-state index contributed by atoms with van der Waals surface area (Å²) in [6, 6.07) is 18.4. The van der Waals surface area contributed by atoms with Crippen LogP contribution < -0.4 is 15.8 Å². The van der Waals surface area contributed by atoms with Gasteiger partial charge in [-0.1, -0.05) is 31.0 Å². The Morgan fingerprint density at radius 3 is 2.48 bits per heavy atom. The SMILES string of the molecule is Nc1ncnc2c1c(-c1ccc(Oc3ccccc3)cc1)nn2C1CCCN(C(=O)CCCCCCSc2c(F)ccc3c2C(=O)N(C2CCC(=O)NC2=O)C3=O)C1. The van der Waals surface area contributed by atoms with Gasteiger partial charge in [0.1, 0.15) is 41.2 Å². The first kappa shape index (κ1) is 38.7. The molecule has 5 heterocycles. The standard InChI is InChI=1S/C42H41FN8O6S/c43-30-18-17-29-34(42(56)50(41(29)55)31-19-20-32(52)47-40(31)54)37(30)58-22-7-2-1-6-12-33(53)49-21-8-9-26(23-49)51-39-35(38(44)45-24-46-39)36(48-51)25-13-15-28(16-14-25)57-27-10-4-3-5-11-27/h3-5,10-11,13-18,24,26,31H,1-2,6-9,12,19-23H2,(H2,44,45,46)(H,47,52,54). The van der Waals surface area contributed by atoms with E-state index in [1.165, 1.54) is 12.4 Å². The Bertz CT molecular complexity index is 2410. The zero-order valence-electron chi connectivity index (χ0n) is 31.6. The number of likely N-dealkylation sites (tertiary alicyclic amines) is 1. The Labute approximate surface area is 337 Å². The van der Waals surface area contributed by atoms with Crippen LogP contribution in [0.2, 0.25) is 0 Å². The fourth-order valence-corrected chi connectivity index (χ4v) is 8.95. The van der Waals surface area contributed by atoms with E-state index < -0.39 is 35.5 Å². The molecule has 5 aromatic rings. The number of imide groups is 2. The predicted molar refractivity (Wildman–Crippen MR) is 213 cm³/mol. The minimum absolute atomic E-state index is 0.00258. The number of nitrogens with one attached hydrogen (secondary N) is 1. The normalized spacial score (nSPS) is 18.2. The molecule has 2 fully saturated rings. The van der Waals surface area contributed by atoms with Gasteiger partial charge in [-0.25, -0.2) is 19.0 Å². The average Bonchev–Trinajstić information content (AvgIpc) is 3.74. The number of piperidine rings is 2. The number of nitrogens with zero attached hydrogens (tertiary/aromatic N) is 6. The largest absolute Gasteiger partial charge is 0.457 e. The van der Waals surface area contributed by atoms with Crippen molar-refractivity contribution in [3.63, 3.8) is 0 Å². The molecule has 8 rings (SSSR count). The molecule has 2 saturated heterocycles. The van der Waals surface area contributed by atoms with Gasteiger partial charge in [-0.2, -0.15) is 5.10 Å². The number of anilines is 1. The molecule has 0 radical (unpaired) electrons. The van der Waals surface area contributed by atoms with Gasteiger partial charge in [0.25, 0.3) is 11.8 Å². The summed E-state index contributed by atoms with van der Waals surface area (Å²) in [5, 5.41) is 7.84. The number of ether oxygens (including phenoxy) is 1. The summed E-state index contributed by atoms with van der Waals surface area (Å²) in [7, 11) is 0. The quantitative estimate of drug-likeness (QED) is 0.0773. The minimum atomic E-state index is -1.12. The number of amides is 5. The summed E-state index contributed by atoms with van der Waals surface area (Å²) in [6.45, 7) is 1.15. The number of rotatable bonds is 13. The molecule has 14 nitrogen and oxygen atoms in total. The van der Waals surface area contributed by atoms with Crippen LogP contribution in [0.15, 0.2) is 78.0 Å². The second-order valence-electron chi connectivity index (χ2n) is 14.6. The molecule has 16 heteroatoms. The number of fused-ring (bicyclic) bond motifs is 2. The van der Waals surface area contributed by atoms with Crippen molar-refractivity contribution >= 4 is 58.1 Å². The maximum atomic E-state index is 15.0. The number of hydrogen-bond acceptors (Lipinski definition) is 11. The molecule has 298 valence electrons. The second kappa shape index (κ2) is 16.7. The molecule has 0 saturated carbocycles. The van der Waals surface area contributed by atoms with Crippen LogP contribution in [0.1, 0.15) is 84.5 Å². The number of thioether (sulfide) groups is 1. The van der Waals surface area contributed by atoms with Gasteiger partial charge in [0.15, 0.2) is 5.65 Å². The fraction of sp³-hybridized carbons (Fsp3) is 0.333. The molecule has 5 amide bonds. The molecular weight excluding hydrogens is 764 g/mol. The van der Waals surface area contributed by atoms with E-state index >= 15 is 4.39 Å². The third kappa shape index (κ3) is 7.75. The molecule has 58 heavy (non-hydrogen) atoms. The van der Waals surface area contributed by atoms with Crippen molar-refractivity contribution in [2.75, 3.05) is 24.6 Å². The first-order chi connectivity index (χ1) is 28.2. The number of benzene rings is 3. The highest BCUT2D eigenvalue weighted by molar-refractivity contribution is 7.99. The van der Waals surface area contributed by atoms with Crippen molar-refractivity contribution in [2.24, 2.45) is 0 Å². The van der Waals surface area contributed by atoms with Crippen molar-refractivity contribution in [1.29, 1.82) is 0 Å². The first-order valence-electron chi connectivity index (χ1n) is 19.4. The van der Waals surface area contributed by atoms with E-state index in [9.17, 15) is 24.0 Å². The van der Waals surface area contributed by atoms with Gasteiger partial charge in [0.2, 0.25) is 17.7 Å². The number of halogens is 1. The summed E-state index contributed by atoms with van der Waals surface area (Å²) in [6.07, 6.45) is 6.47. The molecule has 3 N–H and O–H groups in total. The number of para-hydroxylation sites is 1. The lowest BCUT2D eigenvalue weighted by atomic mass is 10.0. The molecular formula is C42H41FN8O6S. The molecule has 2 aromatic heterocycles. The van der Waals surface area contributed by atoms with Crippen LogP contribution in [-0.2, 0) is 14.4 Å². The van der Waals surface area contributed by atoms with Crippen LogP contribution >= 0.6 is 11.8 Å². The van der Waals surface area contributed by atoms with Crippen molar-refractivity contribution in [2.45, 2.75) is 74.8 Å². The van der Waals surface area contributed by atoms with Crippen LogP contribution in [0.25, 0.3) is 22.3 Å². The average molecular weight is 805 g/mol. The molecule has 3 aliphatic rings. The Kier molecular flexibility index (Phi) is 11.2. The van der Waals surface area contributed by atoms with E-state index in [0.29, 0.717) is 66.4 Å². The van der Waals surface area contributed by atoms with E-state index in [1.807, 2.05) is 64.2 Å². The molecule has 0 spiro atoms. The van der Waals surface area contributed by atoms with Gasteiger partial charge in [0, 0.05) is 31.5 Å². The van der Waals surface area contributed by atoms with E-state index in [1.54, 1.807) is 0 Å². The summed E-state index contributed by atoms with van der Waals surface area (Å²) in [5.74, 6) is -0.863. The lowest BCUT2D eigenvalue weighted by Gasteiger charge is -2.33. The Morgan fingerprint density at radius 1 is 0.914 bits per heavy atom. The van der Waals surface area contributed by atoms with Crippen molar-refractivity contribution in [3.05, 3.63) is 90.0 Å². The lowest BCUT2D eigenvalue weighted by molar-refractivity contribution is -0.136. The molecule has 3 aromatic carbocycles. The van der Waals surface area contributed by atoms with Gasteiger partial charge >= 0.3 is 0 Å². The third-order valence-electron chi connectivity index (χ3n) is 10.8. The summed E-state index contributed by atoms with van der Waals surface area (Å²) in [5.41, 5.74) is 8.52. The predicted octanol–water partition coefficient (Wildman–Crippen LogP) is 6.31. The zero-order valence-corrected chi connectivity index (χ0v) is 32.4. The second-order valence-corrected chi connectivity index (χ2v) is 15.7. The highest BCUT2D eigenvalue weighted by Gasteiger charge is 2.46. The molecule has 0 aliphatic carbocycles. The third-order valence-corrected chi connectivity index (χ3v) is 11.9. The van der Waals surface area contributed by atoms with Crippen molar-refractivity contribution in [3.8, 4) is 22.8 Å². The fourth-order valence-electron chi connectivity index (χ4n) is 7.85. The lowest BCUT2D eigenvalue weighted by Crippen LogP contribution is -2.54. The Morgan fingerprint density at radius 2 is 1.69 bits per heavy atom. The van der Waals surface area contributed by atoms with Gasteiger partial charge in [-0.15, -0.1) is 11.8 Å². The topological polar surface area (TPSA) is 183 Å². The van der Waals surface area contributed by atoms with Crippen LogP contribution in [-0.4, -0.2) is 84.0 Å². The highest BCUT2D eigenvalue weighted by Crippen LogP contribution is 2.38. The maximum absolute atomic E-state index is 15.0. The number of hydrogen-bond donors (Lipinski definition) is 2. The minimum Gasteiger partial charge on any atom is -0.457 e. The summed E-state index contributed by atoms with van der Waals surface area (Å²) >= 11 is 1.16. The monoisotopic (exact) mass is 804 g/mol. The van der Waals surface area contributed by atoms with E-state index in [0.717, 1.165) is 59.7 Å². The van der Waals surface area contributed by atoms with Crippen LogP contribution in [0, 0.1) is 5.82 Å². The van der Waals surface area contributed by atoms with Crippen LogP contribution in [0.3, 0.4) is 0 Å². The van der Waals surface area contributed by atoms with E-state index in [2.05, 4.69) is 15.3 Å². The number of nitrogen functional groups attached to an aromatic ring is 1. The van der Waals surface area contributed by atoms with Crippen LogP contribution in [0.5, 0.6) is 11.5 Å². The number of carbonyl (C=O) groups excluding carboxylic acids is 5. The summed E-state index contributed by atoms with van der Waals surface area (Å²) < 4.78 is 22.9. The Balaban J connectivity index is 0.838. The van der Waals surface area contributed by atoms with Crippen LogP contribution in [0.4, 0.5) is 10.2 Å². The molecule has 2 unspecified atom stereocenters. The van der Waals surface area contributed by atoms with Gasteiger partial charge in [0.05, 0.1) is 27.5 Å². The zero-order chi connectivity index (χ0) is 40.3. The summed E-state index contributed by atoms with van der Waals surface area (Å²) in [4.78, 5) is 75.6. The van der Waals surface area contributed by atoms with E-state index in [-0.39, 0.29) is 40.8 Å². The number of carbonyl (C=O) groups is 5. The highest BCUT2D eigenvalue weighted by atomic mass is 32.2. The molecule has 2 atom stereocenters. The van der Waals surface area contributed by atoms with Gasteiger partial charge < -0.3 is 15.4 Å².